The van der Waals surface area contributed by atoms with Crippen molar-refractivity contribution < 1.29 is 4.74 Å². The molecular formula is C13H22N2OS. The third-order valence-electron chi connectivity index (χ3n) is 3.34. The average molecular weight is 254 g/mol. The number of hydrogen-bond donors (Lipinski definition) is 1. The van der Waals surface area contributed by atoms with Crippen molar-refractivity contribution in [3.63, 3.8) is 0 Å². The molecule has 0 amide bonds. The Hall–Kier alpha value is -0.450. The molecule has 0 bridgehead atoms. The van der Waals surface area contributed by atoms with Crippen LogP contribution in [-0.4, -0.2) is 18.1 Å². The summed E-state index contributed by atoms with van der Waals surface area (Å²) in [7, 11) is 0. The second-order valence-electron chi connectivity index (χ2n) is 4.94. The summed E-state index contributed by atoms with van der Waals surface area (Å²) < 4.78 is 5.83. The molecule has 1 aliphatic heterocycles. The van der Waals surface area contributed by atoms with E-state index in [4.69, 9.17) is 9.72 Å². The molecule has 2 atom stereocenters. The first kappa shape index (κ1) is 13.0. The minimum Gasteiger partial charge on any atom is -0.368 e. The van der Waals surface area contributed by atoms with Gasteiger partial charge in [-0.25, -0.2) is 4.98 Å². The Morgan fingerprint density at radius 2 is 2.47 bits per heavy atom. The lowest BCUT2D eigenvalue weighted by molar-refractivity contribution is 0.0165. The minimum absolute atomic E-state index is 0.132. The molecule has 3 nitrogen and oxygen atoms in total. The highest BCUT2D eigenvalue weighted by molar-refractivity contribution is 7.09. The van der Waals surface area contributed by atoms with E-state index < -0.39 is 0 Å². The molecule has 0 saturated carbocycles. The Bertz CT molecular complexity index is 358. The van der Waals surface area contributed by atoms with Gasteiger partial charge in [0.15, 0.2) is 0 Å². The highest BCUT2D eigenvalue weighted by Crippen LogP contribution is 2.37. The van der Waals surface area contributed by atoms with Crippen LogP contribution >= 0.6 is 11.3 Å². The fourth-order valence-corrected chi connectivity index (χ4v) is 3.20. The monoisotopic (exact) mass is 254 g/mol. The highest BCUT2D eigenvalue weighted by atomic mass is 32.1. The van der Waals surface area contributed by atoms with Gasteiger partial charge < -0.3 is 10.1 Å². The second-order valence-corrected chi connectivity index (χ2v) is 5.79. The van der Waals surface area contributed by atoms with E-state index in [0.717, 1.165) is 43.1 Å². The summed E-state index contributed by atoms with van der Waals surface area (Å²) in [5, 5.41) is 6.77. The van der Waals surface area contributed by atoms with Crippen molar-refractivity contribution >= 4 is 11.3 Å². The number of thiazole rings is 1. The zero-order chi connectivity index (χ0) is 12.3. The van der Waals surface area contributed by atoms with Crippen molar-refractivity contribution in [1.82, 2.24) is 10.3 Å². The second kappa shape index (κ2) is 5.46. The number of nitrogens with zero attached hydrogens (tertiary/aromatic N) is 1. The minimum atomic E-state index is -0.132. The standard InChI is InChI=1S/C13H22N2OS/c1-4-7-14-10(2)11-9-17-12(15-11)13(3)6-5-8-16-13/h9-10,14H,4-8H2,1-3H3. The smallest absolute Gasteiger partial charge is 0.125 e. The van der Waals surface area contributed by atoms with E-state index in [1.54, 1.807) is 11.3 Å². The molecule has 1 aromatic heterocycles. The Balaban J connectivity index is 2.05. The molecular weight excluding hydrogens is 232 g/mol. The summed E-state index contributed by atoms with van der Waals surface area (Å²) in [6.45, 7) is 8.43. The maximum Gasteiger partial charge on any atom is 0.125 e. The molecule has 0 aromatic carbocycles. The SMILES string of the molecule is CCCNC(C)c1csc(C2(C)CCCO2)n1. The van der Waals surface area contributed by atoms with Crippen LogP contribution in [0.1, 0.15) is 56.8 Å². The fourth-order valence-electron chi connectivity index (χ4n) is 2.14. The predicted octanol–water partition coefficient (Wildman–Crippen LogP) is 3.23. The number of hydrogen-bond acceptors (Lipinski definition) is 4. The lowest BCUT2D eigenvalue weighted by Crippen LogP contribution is -2.22. The largest absolute Gasteiger partial charge is 0.368 e. The molecule has 2 heterocycles. The van der Waals surface area contributed by atoms with Gasteiger partial charge >= 0.3 is 0 Å². The van der Waals surface area contributed by atoms with Crippen LogP contribution < -0.4 is 5.32 Å². The molecule has 0 aliphatic carbocycles. The van der Waals surface area contributed by atoms with Gasteiger partial charge in [-0.3, -0.25) is 0 Å². The van der Waals surface area contributed by atoms with Gasteiger partial charge in [0.1, 0.15) is 10.6 Å². The van der Waals surface area contributed by atoms with Gasteiger partial charge in [0.25, 0.3) is 0 Å². The molecule has 1 N–H and O–H groups in total. The number of nitrogens with one attached hydrogen (secondary N) is 1. The van der Waals surface area contributed by atoms with E-state index >= 15 is 0 Å². The Morgan fingerprint density at radius 1 is 1.65 bits per heavy atom. The Morgan fingerprint density at radius 3 is 3.12 bits per heavy atom. The molecule has 96 valence electrons. The molecule has 2 rings (SSSR count). The van der Waals surface area contributed by atoms with Crippen molar-refractivity contribution in [3.8, 4) is 0 Å². The third-order valence-corrected chi connectivity index (χ3v) is 4.44. The lowest BCUT2D eigenvalue weighted by Gasteiger charge is -2.20. The lowest BCUT2D eigenvalue weighted by atomic mass is 10.0. The van der Waals surface area contributed by atoms with Crippen LogP contribution in [0.25, 0.3) is 0 Å². The summed E-state index contributed by atoms with van der Waals surface area (Å²) in [5.74, 6) is 0. The maximum absolute atomic E-state index is 5.83. The van der Waals surface area contributed by atoms with Crippen LogP contribution in [0.4, 0.5) is 0 Å². The quantitative estimate of drug-likeness (QED) is 0.876. The Kier molecular flexibility index (Phi) is 4.17. The van der Waals surface area contributed by atoms with Crippen molar-refractivity contribution in [2.75, 3.05) is 13.2 Å². The predicted molar refractivity (Wildman–Crippen MR) is 71.4 cm³/mol. The zero-order valence-corrected chi connectivity index (χ0v) is 11.8. The molecule has 1 aliphatic rings. The molecule has 1 aromatic rings. The average Bonchev–Trinajstić information content (AvgIpc) is 2.95. The zero-order valence-electron chi connectivity index (χ0n) is 11.0. The molecule has 1 saturated heterocycles. The summed E-state index contributed by atoms with van der Waals surface area (Å²) in [6.07, 6.45) is 3.40. The summed E-state index contributed by atoms with van der Waals surface area (Å²) in [5.41, 5.74) is 1.02. The van der Waals surface area contributed by atoms with E-state index in [-0.39, 0.29) is 5.60 Å². The van der Waals surface area contributed by atoms with Crippen LogP contribution in [0.15, 0.2) is 5.38 Å². The first-order valence-electron chi connectivity index (χ1n) is 6.49. The molecule has 4 heteroatoms. The van der Waals surface area contributed by atoms with Crippen LogP contribution in [-0.2, 0) is 10.3 Å². The highest BCUT2D eigenvalue weighted by Gasteiger charge is 2.34. The Labute approximate surface area is 108 Å². The summed E-state index contributed by atoms with van der Waals surface area (Å²) in [6, 6.07) is 0.338. The molecule has 2 unspecified atom stereocenters. The van der Waals surface area contributed by atoms with E-state index in [1.807, 2.05) is 0 Å². The van der Waals surface area contributed by atoms with Crippen molar-refractivity contribution in [3.05, 3.63) is 16.1 Å². The van der Waals surface area contributed by atoms with Crippen molar-refractivity contribution in [2.24, 2.45) is 0 Å². The molecule has 0 radical (unpaired) electrons. The van der Waals surface area contributed by atoms with Gasteiger partial charge in [0, 0.05) is 18.0 Å². The van der Waals surface area contributed by atoms with Gasteiger partial charge in [0.05, 0.1) is 5.69 Å². The number of aromatic nitrogens is 1. The molecule has 0 spiro atoms. The van der Waals surface area contributed by atoms with Gasteiger partial charge in [-0.2, -0.15) is 0 Å². The van der Waals surface area contributed by atoms with E-state index in [0.29, 0.717) is 6.04 Å². The third kappa shape index (κ3) is 2.87. The van der Waals surface area contributed by atoms with Crippen molar-refractivity contribution in [1.29, 1.82) is 0 Å². The summed E-state index contributed by atoms with van der Waals surface area (Å²) in [4.78, 5) is 4.75. The maximum atomic E-state index is 5.83. The number of rotatable bonds is 5. The van der Waals surface area contributed by atoms with E-state index in [1.165, 1.54) is 0 Å². The van der Waals surface area contributed by atoms with Gasteiger partial charge in [-0.15, -0.1) is 11.3 Å². The van der Waals surface area contributed by atoms with E-state index in [2.05, 4.69) is 31.5 Å². The first-order chi connectivity index (χ1) is 8.15. The van der Waals surface area contributed by atoms with Gasteiger partial charge in [-0.05, 0) is 39.7 Å². The van der Waals surface area contributed by atoms with E-state index in [9.17, 15) is 0 Å². The van der Waals surface area contributed by atoms with Gasteiger partial charge in [-0.1, -0.05) is 6.92 Å². The van der Waals surface area contributed by atoms with Crippen LogP contribution in [0.3, 0.4) is 0 Å². The van der Waals surface area contributed by atoms with Crippen LogP contribution in [0.5, 0.6) is 0 Å². The molecule has 17 heavy (non-hydrogen) atoms. The molecule has 1 fully saturated rings. The van der Waals surface area contributed by atoms with Crippen molar-refractivity contribution in [2.45, 2.75) is 51.7 Å². The first-order valence-corrected chi connectivity index (χ1v) is 7.37. The van der Waals surface area contributed by atoms with Gasteiger partial charge in [0.2, 0.25) is 0 Å². The number of ether oxygens (including phenoxy) is 1. The normalized spacial score (nSPS) is 26.3. The summed E-state index contributed by atoms with van der Waals surface area (Å²) >= 11 is 1.73. The topological polar surface area (TPSA) is 34.1 Å². The fraction of sp³-hybridized carbons (Fsp3) is 0.769. The van der Waals surface area contributed by atoms with Crippen LogP contribution in [0, 0.1) is 0 Å². The van der Waals surface area contributed by atoms with Crippen LogP contribution in [0.2, 0.25) is 0 Å².